The summed E-state index contributed by atoms with van der Waals surface area (Å²) in [5.74, 6) is 0. The zero-order chi connectivity index (χ0) is 16.4. The van der Waals surface area contributed by atoms with Gasteiger partial charge in [-0.3, -0.25) is 0 Å². The molecule has 0 radical (unpaired) electrons. The summed E-state index contributed by atoms with van der Waals surface area (Å²) in [7, 11) is 0. The van der Waals surface area contributed by atoms with Crippen molar-refractivity contribution in [2.45, 2.75) is 18.3 Å². The average Bonchev–Trinajstić information content (AvgIpc) is 3.03. The Morgan fingerprint density at radius 2 is 1.70 bits per heavy atom. The van der Waals surface area contributed by atoms with Crippen LogP contribution in [0.25, 0.3) is 11.1 Å². The molecule has 2 atom stereocenters. The SMILES string of the molecule is N#CC1NNNC1c1ccc(-c2cccc(C(F)(F)F)c2)cc1. The molecule has 0 amide bonds. The van der Waals surface area contributed by atoms with Crippen molar-refractivity contribution >= 4 is 0 Å². The van der Waals surface area contributed by atoms with Gasteiger partial charge in [0, 0.05) is 0 Å². The molecule has 1 saturated heterocycles. The molecule has 2 aromatic carbocycles. The molecule has 1 heterocycles. The Balaban J connectivity index is 1.87. The van der Waals surface area contributed by atoms with Gasteiger partial charge in [0.25, 0.3) is 0 Å². The van der Waals surface area contributed by atoms with E-state index in [1.54, 1.807) is 30.3 Å². The summed E-state index contributed by atoms with van der Waals surface area (Å²) in [6.07, 6.45) is -4.36. The molecule has 0 aliphatic carbocycles. The van der Waals surface area contributed by atoms with E-state index >= 15 is 0 Å². The van der Waals surface area contributed by atoms with Crippen molar-refractivity contribution in [2.24, 2.45) is 0 Å². The minimum absolute atomic E-state index is 0.226. The summed E-state index contributed by atoms with van der Waals surface area (Å²) >= 11 is 0. The first kappa shape index (κ1) is 15.5. The van der Waals surface area contributed by atoms with Gasteiger partial charge in [-0.05, 0) is 28.8 Å². The van der Waals surface area contributed by atoms with E-state index in [1.807, 2.05) is 0 Å². The van der Waals surface area contributed by atoms with Crippen LogP contribution in [0.4, 0.5) is 13.2 Å². The summed E-state index contributed by atoms with van der Waals surface area (Å²) in [5, 5.41) is 9.04. The van der Waals surface area contributed by atoms with Crippen LogP contribution in [0, 0.1) is 11.3 Å². The van der Waals surface area contributed by atoms with Crippen molar-refractivity contribution in [3.05, 3.63) is 59.7 Å². The Bertz CT molecular complexity index is 734. The van der Waals surface area contributed by atoms with Gasteiger partial charge in [-0.2, -0.15) is 24.0 Å². The Morgan fingerprint density at radius 3 is 2.35 bits per heavy atom. The molecule has 0 aromatic heterocycles. The molecular formula is C16H13F3N4. The zero-order valence-corrected chi connectivity index (χ0v) is 11.9. The van der Waals surface area contributed by atoms with E-state index in [2.05, 4.69) is 22.5 Å². The molecule has 3 rings (SSSR count). The van der Waals surface area contributed by atoms with E-state index in [0.29, 0.717) is 11.1 Å². The van der Waals surface area contributed by atoms with Gasteiger partial charge in [0.2, 0.25) is 0 Å². The lowest BCUT2D eigenvalue weighted by atomic mass is 9.97. The normalized spacial score (nSPS) is 21.1. The van der Waals surface area contributed by atoms with Crippen LogP contribution in [0.2, 0.25) is 0 Å². The van der Waals surface area contributed by atoms with Crippen LogP contribution < -0.4 is 16.4 Å². The highest BCUT2D eigenvalue weighted by Crippen LogP contribution is 2.32. The standard InChI is InChI=1S/C16H13F3N4/c17-16(18,19)13-3-1-2-12(8-13)10-4-6-11(7-5-10)15-14(9-20)21-23-22-15/h1-8,14-15,21-23H. The average molecular weight is 318 g/mol. The minimum Gasteiger partial charge on any atom is -0.234 e. The summed E-state index contributed by atoms with van der Waals surface area (Å²) < 4.78 is 38.3. The van der Waals surface area contributed by atoms with Crippen LogP contribution in [0.5, 0.6) is 0 Å². The maximum atomic E-state index is 12.8. The molecule has 1 aliphatic rings. The molecule has 2 unspecified atom stereocenters. The summed E-state index contributed by atoms with van der Waals surface area (Å²) in [6, 6.07) is 13.8. The first-order valence-electron chi connectivity index (χ1n) is 6.92. The van der Waals surface area contributed by atoms with Crippen LogP contribution >= 0.6 is 0 Å². The number of rotatable bonds is 2. The zero-order valence-electron chi connectivity index (χ0n) is 11.9. The van der Waals surface area contributed by atoms with E-state index in [9.17, 15) is 13.2 Å². The summed E-state index contributed by atoms with van der Waals surface area (Å²) in [4.78, 5) is 0. The van der Waals surface area contributed by atoms with Crippen LogP contribution in [0.1, 0.15) is 17.2 Å². The highest BCUT2D eigenvalue weighted by Gasteiger charge is 2.30. The summed E-state index contributed by atoms with van der Waals surface area (Å²) in [6.45, 7) is 0. The predicted octanol–water partition coefficient (Wildman–Crippen LogP) is 2.92. The van der Waals surface area contributed by atoms with Crippen LogP contribution in [-0.2, 0) is 6.18 Å². The van der Waals surface area contributed by atoms with E-state index in [-0.39, 0.29) is 6.04 Å². The second-order valence-corrected chi connectivity index (χ2v) is 5.20. The molecule has 3 N–H and O–H groups in total. The second kappa shape index (κ2) is 6.01. The van der Waals surface area contributed by atoms with Gasteiger partial charge in [-0.15, -0.1) is 0 Å². The van der Waals surface area contributed by atoms with Crippen molar-refractivity contribution < 1.29 is 13.2 Å². The topological polar surface area (TPSA) is 59.9 Å². The molecule has 4 nitrogen and oxygen atoms in total. The number of alkyl halides is 3. The number of benzene rings is 2. The molecule has 23 heavy (non-hydrogen) atoms. The third-order valence-corrected chi connectivity index (χ3v) is 3.72. The first-order chi connectivity index (χ1) is 11.0. The highest BCUT2D eigenvalue weighted by molar-refractivity contribution is 5.64. The fraction of sp³-hybridized carbons (Fsp3) is 0.188. The van der Waals surface area contributed by atoms with Crippen molar-refractivity contribution in [3.8, 4) is 17.2 Å². The molecule has 0 spiro atoms. The third kappa shape index (κ3) is 3.19. The van der Waals surface area contributed by atoms with Gasteiger partial charge < -0.3 is 0 Å². The number of halogens is 3. The van der Waals surface area contributed by atoms with Crippen molar-refractivity contribution in [1.82, 2.24) is 16.4 Å². The quantitative estimate of drug-likeness (QED) is 0.797. The van der Waals surface area contributed by atoms with Gasteiger partial charge in [0.05, 0.1) is 17.7 Å². The van der Waals surface area contributed by atoms with Crippen LogP contribution in [-0.4, -0.2) is 6.04 Å². The maximum Gasteiger partial charge on any atom is 0.416 e. The number of nitrogens with zero attached hydrogens (tertiary/aromatic N) is 1. The number of nitrogens with one attached hydrogen (secondary N) is 3. The molecule has 1 fully saturated rings. The van der Waals surface area contributed by atoms with Gasteiger partial charge >= 0.3 is 6.18 Å². The van der Waals surface area contributed by atoms with E-state index in [1.165, 1.54) is 6.07 Å². The predicted molar refractivity (Wildman–Crippen MR) is 78.4 cm³/mol. The fourth-order valence-electron chi connectivity index (χ4n) is 2.50. The molecule has 2 aromatic rings. The molecular weight excluding hydrogens is 305 g/mol. The lowest BCUT2D eigenvalue weighted by Crippen LogP contribution is -2.32. The summed E-state index contributed by atoms with van der Waals surface area (Å²) in [5.41, 5.74) is 9.78. The van der Waals surface area contributed by atoms with Crippen LogP contribution in [0.3, 0.4) is 0 Å². The second-order valence-electron chi connectivity index (χ2n) is 5.20. The van der Waals surface area contributed by atoms with E-state index in [4.69, 9.17) is 5.26 Å². The molecule has 1 aliphatic heterocycles. The number of hydrogen-bond donors (Lipinski definition) is 3. The van der Waals surface area contributed by atoms with Gasteiger partial charge in [0.15, 0.2) is 0 Å². The van der Waals surface area contributed by atoms with Gasteiger partial charge in [-0.1, -0.05) is 36.4 Å². The number of hydrogen-bond acceptors (Lipinski definition) is 4. The third-order valence-electron chi connectivity index (χ3n) is 3.72. The first-order valence-corrected chi connectivity index (χ1v) is 6.92. The van der Waals surface area contributed by atoms with Gasteiger partial charge in [0.1, 0.15) is 6.04 Å². The monoisotopic (exact) mass is 318 g/mol. The smallest absolute Gasteiger partial charge is 0.234 e. The van der Waals surface area contributed by atoms with Crippen LogP contribution in [0.15, 0.2) is 48.5 Å². The number of hydrazine groups is 2. The van der Waals surface area contributed by atoms with E-state index in [0.717, 1.165) is 17.7 Å². The molecule has 0 saturated carbocycles. The minimum atomic E-state index is -4.36. The Morgan fingerprint density at radius 1 is 0.957 bits per heavy atom. The van der Waals surface area contributed by atoms with Crippen molar-refractivity contribution in [2.75, 3.05) is 0 Å². The van der Waals surface area contributed by atoms with E-state index < -0.39 is 17.8 Å². The molecule has 0 bridgehead atoms. The fourth-order valence-corrected chi connectivity index (χ4v) is 2.50. The Kier molecular flexibility index (Phi) is 4.05. The molecule has 7 heteroatoms. The van der Waals surface area contributed by atoms with Crippen molar-refractivity contribution in [1.29, 1.82) is 5.26 Å². The van der Waals surface area contributed by atoms with Crippen molar-refractivity contribution in [3.63, 3.8) is 0 Å². The maximum absolute atomic E-state index is 12.8. The Hall–Kier alpha value is -2.40. The van der Waals surface area contributed by atoms with Gasteiger partial charge in [-0.25, -0.2) is 10.9 Å². The largest absolute Gasteiger partial charge is 0.416 e. The number of nitriles is 1. The Labute approximate surface area is 130 Å². The highest BCUT2D eigenvalue weighted by atomic mass is 19.4. The lowest BCUT2D eigenvalue weighted by molar-refractivity contribution is -0.137. The molecule has 118 valence electrons. The lowest BCUT2D eigenvalue weighted by Gasteiger charge is -2.13.